The number of imidazole rings is 1. The van der Waals surface area contributed by atoms with Crippen LogP contribution in [0.2, 0.25) is 0 Å². The van der Waals surface area contributed by atoms with Crippen LogP contribution in [0.1, 0.15) is 5.56 Å². The lowest BCUT2D eigenvalue weighted by molar-refractivity contribution is 0.416. The van der Waals surface area contributed by atoms with Gasteiger partial charge in [-0.2, -0.15) is 0 Å². The second-order valence-electron chi connectivity index (χ2n) is 3.99. The van der Waals surface area contributed by atoms with E-state index in [9.17, 15) is 0 Å². The zero-order valence-corrected chi connectivity index (χ0v) is 10.2. The number of nitrogens with zero attached hydrogens (tertiary/aromatic N) is 2. The third kappa shape index (κ3) is 2.47. The molecule has 0 fully saturated rings. The van der Waals surface area contributed by atoms with Crippen LogP contribution in [0.25, 0.3) is 11.3 Å². The summed E-state index contributed by atoms with van der Waals surface area (Å²) in [5.74, 6) is 0.841. The summed E-state index contributed by atoms with van der Waals surface area (Å²) in [6.45, 7) is 3.45. The first-order chi connectivity index (χ1) is 8.24. The van der Waals surface area contributed by atoms with E-state index >= 15 is 0 Å². The summed E-state index contributed by atoms with van der Waals surface area (Å²) >= 11 is 0. The minimum Gasteiger partial charge on any atom is -0.496 e. The Morgan fingerprint density at radius 3 is 2.94 bits per heavy atom. The van der Waals surface area contributed by atoms with Crippen LogP contribution in [-0.2, 0) is 6.54 Å². The Hall–Kier alpha value is -1.81. The van der Waals surface area contributed by atoms with Crippen molar-refractivity contribution in [2.24, 2.45) is 5.73 Å². The van der Waals surface area contributed by atoms with Crippen molar-refractivity contribution in [1.82, 2.24) is 9.55 Å². The van der Waals surface area contributed by atoms with Crippen molar-refractivity contribution < 1.29 is 4.74 Å². The molecular weight excluding hydrogens is 214 g/mol. The highest BCUT2D eigenvalue weighted by Gasteiger charge is 2.08. The maximum absolute atomic E-state index is 5.52. The van der Waals surface area contributed by atoms with Gasteiger partial charge in [-0.05, 0) is 19.1 Å². The second kappa shape index (κ2) is 5.01. The first-order valence-electron chi connectivity index (χ1n) is 5.61. The van der Waals surface area contributed by atoms with Gasteiger partial charge >= 0.3 is 0 Å². The summed E-state index contributed by atoms with van der Waals surface area (Å²) in [5, 5.41) is 0. The monoisotopic (exact) mass is 231 g/mol. The van der Waals surface area contributed by atoms with E-state index in [-0.39, 0.29) is 0 Å². The van der Waals surface area contributed by atoms with Crippen LogP contribution in [-0.4, -0.2) is 23.2 Å². The molecule has 0 saturated carbocycles. The first kappa shape index (κ1) is 11.7. The Bertz CT molecular complexity index is 505. The van der Waals surface area contributed by atoms with Crippen molar-refractivity contribution in [1.29, 1.82) is 0 Å². The fourth-order valence-electron chi connectivity index (χ4n) is 1.79. The molecule has 90 valence electrons. The van der Waals surface area contributed by atoms with Crippen LogP contribution in [0.4, 0.5) is 0 Å². The van der Waals surface area contributed by atoms with Gasteiger partial charge in [-0.3, -0.25) is 0 Å². The first-order valence-corrected chi connectivity index (χ1v) is 5.61. The molecule has 17 heavy (non-hydrogen) atoms. The van der Waals surface area contributed by atoms with E-state index in [0.29, 0.717) is 6.54 Å². The zero-order chi connectivity index (χ0) is 12.3. The van der Waals surface area contributed by atoms with E-state index in [4.69, 9.17) is 10.5 Å². The Morgan fingerprint density at radius 1 is 1.41 bits per heavy atom. The highest BCUT2D eigenvalue weighted by molar-refractivity contribution is 5.67. The van der Waals surface area contributed by atoms with Gasteiger partial charge < -0.3 is 15.0 Å². The number of aryl methyl sites for hydroxylation is 1. The van der Waals surface area contributed by atoms with Gasteiger partial charge in [0.25, 0.3) is 0 Å². The normalized spacial score (nSPS) is 10.5. The van der Waals surface area contributed by atoms with Crippen LogP contribution in [0, 0.1) is 6.92 Å². The SMILES string of the molecule is COc1ccc(C)cc1-c1cn(CCN)cn1. The highest BCUT2D eigenvalue weighted by atomic mass is 16.5. The number of hydrogen-bond acceptors (Lipinski definition) is 3. The lowest BCUT2D eigenvalue weighted by atomic mass is 10.1. The van der Waals surface area contributed by atoms with Gasteiger partial charge in [-0.25, -0.2) is 4.98 Å². The summed E-state index contributed by atoms with van der Waals surface area (Å²) in [6, 6.07) is 6.07. The number of methoxy groups -OCH3 is 1. The van der Waals surface area contributed by atoms with E-state index < -0.39 is 0 Å². The number of hydrogen-bond donors (Lipinski definition) is 1. The molecule has 4 nitrogen and oxygen atoms in total. The topological polar surface area (TPSA) is 53.1 Å². The molecule has 0 radical (unpaired) electrons. The van der Waals surface area contributed by atoms with Gasteiger partial charge in [-0.1, -0.05) is 11.6 Å². The fraction of sp³-hybridized carbons (Fsp3) is 0.308. The summed E-state index contributed by atoms with van der Waals surface area (Å²) in [4.78, 5) is 4.38. The molecule has 1 aromatic carbocycles. The smallest absolute Gasteiger partial charge is 0.128 e. The van der Waals surface area contributed by atoms with E-state index in [0.717, 1.165) is 23.6 Å². The van der Waals surface area contributed by atoms with Crippen LogP contribution in [0.15, 0.2) is 30.7 Å². The molecule has 0 bridgehead atoms. The molecule has 0 spiro atoms. The second-order valence-corrected chi connectivity index (χ2v) is 3.99. The number of nitrogens with two attached hydrogens (primary N) is 1. The average Bonchev–Trinajstić information content (AvgIpc) is 2.78. The van der Waals surface area contributed by atoms with Gasteiger partial charge in [0.1, 0.15) is 5.75 Å². The number of aromatic nitrogens is 2. The fourth-order valence-corrected chi connectivity index (χ4v) is 1.79. The molecule has 0 aliphatic rings. The minimum atomic E-state index is 0.612. The molecule has 0 saturated heterocycles. The van der Waals surface area contributed by atoms with Crippen LogP contribution < -0.4 is 10.5 Å². The third-order valence-corrected chi connectivity index (χ3v) is 2.65. The average molecular weight is 231 g/mol. The number of rotatable bonds is 4. The van der Waals surface area contributed by atoms with Crippen LogP contribution in [0.3, 0.4) is 0 Å². The Labute approximate surface area is 101 Å². The van der Waals surface area contributed by atoms with Gasteiger partial charge in [-0.15, -0.1) is 0 Å². The predicted octanol–water partition coefficient (Wildman–Crippen LogP) is 1.83. The van der Waals surface area contributed by atoms with Crippen molar-refractivity contribution in [3.05, 3.63) is 36.3 Å². The van der Waals surface area contributed by atoms with Crippen molar-refractivity contribution in [3.8, 4) is 17.0 Å². The molecule has 0 amide bonds. The number of benzene rings is 1. The molecule has 4 heteroatoms. The number of ether oxygens (including phenoxy) is 1. The molecule has 2 rings (SSSR count). The third-order valence-electron chi connectivity index (χ3n) is 2.65. The standard InChI is InChI=1S/C13H17N3O/c1-10-3-4-13(17-2)11(7-10)12-8-16(6-5-14)9-15-12/h3-4,7-9H,5-6,14H2,1-2H3. The van der Waals surface area contributed by atoms with Gasteiger partial charge in [0.2, 0.25) is 0 Å². The molecule has 0 aliphatic heterocycles. The zero-order valence-electron chi connectivity index (χ0n) is 10.2. The lowest BCUT2D eigenvalue weighted by Gasteiger charge is -2.07. The van der Waals surface area contributed by atoms with E-state index in [1.54, 1.807) is 13.4 Å². The van der Waals surface area contributed by atoms with Crippen molar-refractivity contribution in [3.63, 3.8) is 0 Å². The molecule has 0 aliphatic carbocycles. The van der Waals surface area contributed by atoms with Gasteiger partial charge in [0.05, 0.1) is 19.1 Å². The minimum absolute atomic E-state index is 0.612. The van der Waals surface area contributed by atoms with Crippen molar-refractivity contribution in [2.45, 2.75) is 13.5 Å². The van der Waals surface area contributed by atoms with Gasteiger partial charge in [0.15, 0.2) is 0 Å². The summed E-state index contributed by atoms with van der Waals surface area (Å²) in [7, 11) is 1.67. The van der Waals surface area contributed by atoms with E-state index in [1.807, 2.05) is 22.9 Å². The molecular formula is C13H17N3O. The van der Waals surface area contributed by atoms with Crippen LogP contribution >= 0.6 is 0 Å². The summed E-state index contributed by atoms with van der Waals surface area (Å²) < 4.78 is 7.33. The molecule has 2 aromatic rings. The molecule has 0 atom stereocenters. The Balaban J connectivity index is 2.40. The summed E-state index contributed by atoms with van der Waals surface area (Å²) in [5.41, 5.74) is 8.64. The molecule has 2 N–H and O–H groups in total. The molecule has 0 unspecified atom stereocenters. The highest BCUT2D eigenvalue weighted by Crippen LogP contribution is 2.29. The largest absolute Gasteiger partial charge is 0.496 e. The van der Waals surface area contributed by atoms with E-state index in [2.05, 4.69) is 18.0 Å². The Morgan fingerprint density at radius 2 is 2.24 bits per heavy atom. The quantitative estimate of drug-likeness (QED) is 0.873. The maximum Gasteiger partial charge on any atom is 0.128 e. The molecule has 1 aromatic heterocycles. The Kier molecular flexibility index (Phi) is 3.44. The maximum atomic E-state index is 5.52. The van der Waals surface area contributed by atoms with Crippen LogP contribution in [0.5, 0.6) is 5.75 Å². The van der Waals surface area contributed by atoms with Crippen molar-refractivity contribution >= 4 is 0 Å². The van der Waals surface area contributed by atoms with E-state index in [1.165, 1.54) is 5.56 Å². The molecule has 1 heterocycles. The predicted molar refractivity (Wildman–Crippen MR) is 68.0 cm³/mol. The lowest BCUT2D eigenvalue weighted by Crippen LogP contribution is -2.07. The summed E-state index contributed by atoms with van der Waals surface area (Å²) in [6.07, 6.45) is 3.79. The van der Waals surface area contributed by atoms with Crippen molar-refractivity contribution in [2.75, 3.05) is 13.7 Å². The van der Waals surface area contributed by atoms with Gasteiger partial charge in [0, 0.05) is 24.8 Å².